The minimum absolute atomic E-state index is 0. The molecule has 0 saturated heterocycles. The van der Waals surface area contributed by atoms with Gasteiger partial charge in [-0.2, -0.15) is 10.2 Å². The smallest absolute Gasteiger partial charge is 0.550 e. The number of aromatic nitrogens is 4. The van der Waals surface area contributed by atoms with Gasteiger partial charge in [-0.15, -0.1) is 0 Å². The summed E-state index contributed by atoms with van der Waals surface area (Å²) in [7, 11) is 0. The molecule has 0 saturated carbocycles. The standard InChI is InChI=1S/C15H12N4.2C2H4O2.H2O.Pd/c1-3-7-14-12(5-1)9-16-18(14)11-19-15-8-4-2-6-13(15)10-17-19;2*1-2(3)4;;/h1-10H,11H2;2*1H3,(H,3,4);1H2;/q;;;;+2/p-2. The van der Waals surface area contributed by atoms with Crippen molar-refractivity contribution < 1.29 is 45.7 Å². The van der Waals surface area contributed by atoms with Gasteiger partial charge in [-0.25, -0.2) is 9.36 Å². The molecule has 10 heteroatoms. The maximum atomic E-state index is 8.89. The molecule has 2 aromatic carbocycles. The first kappa shape index (κ1) is 25.9. The van der Waals surface area contributed by atoms with Crippen LogP contribution in [0.4, 0.5) is 0 Å². The minimum atomic E-state index is -1.08. The van der Waals surface area contributed by atoms with E-state index in [0.717, 1.165) is 35.7 Å². The van der Waals surface area contributed by atoms with Crippen LogP contribution < -0.4 is 10.2 Å². The number of carbonyl (C=O) groups excluding carboxylic acids is 2. The van der Waals surface area contributed by atoms with E-state index >= 15 is 0 Å². The van der Waals surface area contributed by atoms with Crippen LogP contribution in [0.15, 0.2) is 60.9 Å². The summed E-state index contributed by atoms with van der Waals surface area (Å²) < 4.78 is 3.93. The van der Waals surface area contributed by atoms with E-state index in [0.29, 0.717) is 6.67 Å². The second kappa shape index (κ2) is 12.4. The van der Waals surface area contributed by atoms with Crippen LogP contribution in [0, 0.1) is 0 Å². The minimum Gasteiger partial charge on any atom is -0.550 e. The number of carboxylic acids is 2. The zero-order valence-electron chi connectivity index (χ0n) is 15.7. The summed E-state index contributed by atoms with van der Waals surface area (Å²) in [5.41, 5.74) is 2.25. The Bertz CT molecular complexity index is 969. The molecule has 0 aliphatic rings. The maximum Gasteiger partial charge on any atom is 2.00 e. The Kier molecular flexibility index (Phi) is 11.1. The Morgan fingerprint density at radius 1 is 0.793 bits per heavy atom. The van der Waals surface area contributed by atoms with Crippen molar-refractivity contribution in [2.75, 3.05) is 0 Å². The van der Waals surface area contributed by atoms with Gasteiger partial charge in [0.25, 0.3) is 0 Å². The molecule has 4 rings (SSSR count). The van der Waals surface area contributed by atoms with Gasteiger partial charge in [0.1, 0.15) is 6.67 Å². The molecule has 156 valence electrons. The third kappa shape index (κ3) is 7.83. The van der Waals surface area contributed by atoms with E-state index in [2.05, 4.69) is 34.5 Å². The summed E-state index contributed by atoms with van der Waals surface area (Å²) in [4.78, 5) is 17.8. The van der Waals surface area contributed by atoms with E-state index < -0.39 is 11.9 Å². The van der Waals surface area contributed by atoms with Gasteiger partial charge < -0.3 is 25.3 Å². The van der Waals surface area contributed by atoms with Crippen molar-refractivity contribution in [3.05, 3.63) is 60.9 Å². The van der Waals surface area contributed by atoms with Crippen molar-refractivity contribution in [3.63, 3.8) is 0 Å². The topological polar surface area (TPSA) is 147 Å². The molecule has 0 aliphatic heterocycles. The number of benzene rings is 2. The van der Waals surface area contributed by atoms with Crippen LogP contribution in [0.2, 0.25) is 0 Å². The van der Waals surface area contributed by atoms with Crippen LogP contribution in [-0.4, -0.2) is 37.0 Å². The fourth-order valence-corrected chi connectivity index (χ4v) is 2.40. The molecule has 0 spiro atoms. The Hall–Kier alpha value is -3.06. The van der Waals surface area contributed by atoms with Crippen LogP contribution in [0.3, 0.4) is 0 Å². The average Bonchev–Trinajstić information content (AvgIpc) is 3.19. The molecule has 0 aliphatic carbocycles. The monoisotopic (exact) mass is 490 g/mol. The zero-order chi connectivity index (χ0) is 19.8. The van der Waals surface area contributed by atoms with Crippen molar-refractivity contribution >= 4 is 33.7 Å². The second-order valence-corrected chi connectivity index (χ2v) is 5.53. The normalized spacial score (nSPS) is 9.17. The summed E-state index contributed by atoms with van der Waals surface area (Å²) >= 11 is 0. The number of fused-ring (bicyclic) bond motifs is 2. The molecule has 0 fully saturated rings. The van der Waals surface area contributed by atoms with Gasteiger partial charge in [0.2, 0.25) is 0 Å². The second-order valence-electron chi connectivity index (χ2n) is 5.53. The van der Waals surface area contributed by atoms with Gasteiger partial charge in [0.05, 0.1) is 23.4 Å². The molecular formula is C19H20N4O5Pd. The molecule has 4 aromatic rings. The third-order valence-corrected chi connectivity index (χ3v) is 3.37. The maximum absolute atomic E-state index is 8.89. The molecule has 0 atom stereocenters. The van der Waals surface area contributed by atoms with E-state index in [1.807, 2.05) is 46.0 Å². The molecule has 0 amide bonds. The van der Waals surface area contributed by atoms with Crippen molar-refractivity contribution in [1.29, 1.82) is 0 Å². The van der Waals surface area contributed by atoms with Crippen molar-refractivity contribution in [3.8, 4) is 0 Å². The van der Waals surface area contributed by atoms with E-state index in [1.54, 1.807) is 0 Å². The first-order valence-electron chi connectivity index (χ1n) is 8.04. The summed E-state index contributed by atoms with van der Waals surface area (Å²) in [5, 5.41) is 28.9. The summed E-state index contributed by atoms with van der Waals surface area (Å²) in [6.07, 6.45) is 3.78. The molecule has 0 bridgehead atoms. The van der Waals surface area contributed by atoms with Crippen LogP contribution in [-0.2, 0) is 36.7 Å². The largest absolute Gasteiger partial charge is 2.00 e. The van der Waals surface area contributed by atoms with Crippen LogP contribution in [0.5, 0.6) is 0 Å². The van der Waals surface area contributed by atoms with Gasteiger partial charge in [-0.1, -0.05) is 36.4 Å². The van der Waals surface area contributed by atoms with Gasteiger partial charge in [0, 0.05) is 22.7 Å². The van der Waals surface area contributed by atoms with Gasteiger partial charge in [0.15, 0.2) is 0 Å². The molecule has 2 N–H and O–H groups in total. The molecule has 0 radical (unpaired) electrons. The fourth-order valence-electron chi connectivity index (χ4n) is 2.40. The number of carboxylic acid groups (broad SMARTS) is 2. The number of hydrogen-bond donors (Lipinski definition) is 0. The Balaban J connectivity index is 0.000000683. The van der Waals surface area contributed by atoms with Crippen molar-refractivity contribution in [1.82, 2.24) is 19.6 Å². The number of rotatable bonds is 2. The van der Waals surface area contributed by atoms with Gasteiger partial charge >= 0.3 is 20.4 Å². The van der Waals surface area contributed by atoms with Gasteiger partial charge in [-0.3, -0.25) is 0 Å². The zero-order valence-corrected chi connectivity index (χ0v) is 17.3. The Labute approximate surface area is 180 Å². The fraction of sp³-hybridized carbons (Fsp3) is 0.158. The Morgan fingerprint density at radius 3 is 1.45 bits per heavy atom. The van der Waals surface area contributed by atoms with E-state index in [1.165, 1.54) is 0 Å². The van der Waals surface area contributed by atoms with Crippen molar-refractivity contribution in [2.24, 2.45) is 0 Å². The SMILES string of the molecule is CC(=O)[O-].CC(=O)[O-].O.[Pd+2].c1ccc2c(c1)cnn2Cn1ncc2ccccc21. The van der Waals surface area contributed by atoms with Gasteiger partial charge in [-0.05, 0) is 26.0 Å². The summed E-state index contributed by atoms with van der Waals surface area (Å²) in [6, 6.07) is 16.4. The summed E-state index contributed by atoms with van der Waals surface area (Å²) in [5.74, 6) is -2.17. The first-order chi connectivity index (χ1) is 12.9. The van der Waals surface area contributed by atoms with E-state index in [9.17, 15) is 0 Å². The van der Waals surface area contributed by atoms with Crippen molar-refractivity contribution in [2.45, 2.75) is 20.5 Å². The number of hydrogen-bond acceptors (Lipinski definition) is 6. The number of aliphatic carboxylic acids is 2. The quantitative estimate of drug-likeness (QED) is 0.348. The van der Waals surface area contributed by atoms with Crippen LogP contribution >= 0.6 is 0 Å². The number of para-hydroxylation sites is 2. The molecule has 2 aromatic heterocycles. The average molecular weight is 491 g/mol. The van der Waals surface area contributed by atoms with E-state index in [-0.39, 0.29) is 25.9 Å². The first-order valence-corrected chi connectivity index (χ1v) is 8.04. The van der Waals surface area contributed by atoms with Crippen LogP contribution in [0.1, 0.15) is 13.8 Å². The number of nitrogens with zero attached hydrogens (tertiary/aromatic N) is 4. The Morgan fingerprint density at radius 2 is 1.10 bits per heavy atom. The summed E-state index contributed by atoms with van der Waals surface area (Å²) in [6.45, 7) is 2.57. The molecule has 2 heterocycles. The molecular weight excluding hydrogens is 471 g/mol. The van der Waals surface area contributed by atoms with E-state index in [4.69, 9.17) is 19.8 Å². The number of carbonyl (C=O) groups is 2. The van der Waals surface area contributed by atoms with Crippen LogP contribution in [0.25, 0.3) is 21.8 Å². The molecule has 29 heavy (non-hydrogen) atoms. The molecule has 9 nitrogen and oxygen atoms in total. The predicted molar refractivity (Wildman–Crippen MR) is 99.8 cm³/mol. The molecule has 0 unspecified atom stereocenters. The predicted octanol–water partition coefficient (Wildman–Crippen LogP) is -0.423. The third-order valence-electron chi connectivity index (χ3n) is 3.37.